The molecule has 0 saturated heterocycles. The van der Waals surface area contributed by atoms with Crippen LogP contribution in [-0.4, -0.2) is 63.9 Å². The SMILES string of the molecule is NC(=O)CC(N)C(=O)NC(CC(N)=O)C(=O)NC(CCC(=O)O)C(=O)O. The van der Waals surface area contributed by atoms with Crippen molar-refractivity contribution in [3.05, 3.63) is 0 Å². The van der Waals surface area contributed by atoms with Crippen molar-refractivity contribution in [2.24, 2.45) is 17.2 Å². The van der Waals surface area contributed by atoms with Gasteiger partial charge < -0.3 is 38.0 Å². The van der Waals surface area contributed by atoms with Gasteiger partial charge in [-0.3, -0.25) is 24.0 Å². The number of carbonyl (C=O) groups is 6. The molecule has 0 aliphatic heterocycles. The third kappa shape index (κ3) is 9.17. The van der Waals surface area contributed by atoms with Crippen LogP contribution in [0.4, 0.5) is 0 Å². The first-order valence-corrected chi connectivity index (χ1v) is 7.31. The fraction of sp³-hybridized carbons (Fsp3) is 0.538. The molecule has 4 amide bonds. The van der Waals surface area contributed by atoms with Gasteiger partial charge in [-0.2, -0.15) is 0 Å². The molecule has 0 spiro atoms. The van der Waals surface area contributed by atoms with Gasteiger partial charge in [0.05, 0.1) is 18.9 Å². The molecule has 0 aromatic rings. The highest BCUT2D eigenvalue weighted by atomic mass is 16.4. The first-order valence-electron chi connectivity index (χ1n) is 7.31. The second kappa shape index (κ2) is 10.6. The van der Waals surface area contributed by atoms with Crippen LogP contribution in [0.1, 0.15) is 25.7 Å². The summed E-state index contributed by atoms with van der Waals surface area (Å²) in [6.07, 6.45) is -2.15. The quantitative estimate of drug-likeness (QED) is 0.175. The molecule has 10 N–H and O–H groups in total. The number of aliphatic carboxylic acids is 2. The van der Waals surface area contributed by atoms with E-state index in [0.29, 0.717) is 0 Å². The summed E-state index contributed by atoms with van der Waals surface area (Å²) in [5.41, 5.74) is 15.3. The smallest absolute Gasteiger partial charge is 0.326 e. The van der Waals surface area contributed by atoms with E-state index < -0.39 is 79.4 Å². The van der Waals surface area contributed by atoms with Crippen molar-refractivity contribution in [2.75, 3.05) is 0 Å². The summed E-state index contributed by atoms with van der Waals surface area (Å²) in [6, 6.07) is -4.52. The molecule has 0 aromatic heterocycles. The largest absolute Gasteiger partial charge is 0.481 e. The van der Waals surface area contributed by atoms with Gasteiger partial charge in [-0.05, 0) is 6.42 Å². The van der Waals surface area contributed by atoms with Gasteiger partial charge in [-0.25, -0.2) is 4.79 Å². The fourth-order valence-electron chi connectivity index (χ4n) is 1.80. The van der Waals surface area contributed by atoms with Crippen molar-refractivity contribution in [3.63, 3.8) is 0 Å². The normalized spacial score (nSPS) is 13.7. The maximum absolute atomic E-state index is 12.1. The van der Waals surface area contributed by atoms with Crippen molar-refractivity contribution in [1.82, 2.24) is 10.6 Å². The van der Waals surface area contributed by atoms with Crippen LogP contribution < -0.4 is 27.8 Å². The molecule has 0 aliphatic rings. The third-order valence-electron chi connectivity index (χ3n) is 3.06. The first kappa shape index (κ1) is 22.8. The van der Waals surface area contributed by atoms with Crippen molar-refractivity contribution < 1.29 is 39.0 Å². The highest BCUT2D eigenvalue weighted by Gasteiger charge is 2.29. The Hall–Kier alpha value is -3.22. The zero-order chi connectivity index (χ0) is 20.4. The van der Waals surface area contributed by atoms with Crippen molar-refractivity contribution in [3.8, 4) is 0 Å². The Balaban J connectivity index is 5.08. The van der Waals surface area contributed by atoms with E-state index in [4.69, 9.17) is 27.4 Å². The van der Waals surface area contributed by atoms with Gasteiger partial charge in [0.15, 0.2) is 0 Å². The molecule has 0 fully saturated rings. The number of nitrogens with one attached hydrogen (secondary N) is 2. The van der Waals surface area contributed by atoms with Gasteiger partial charge in [0.25, 0.3) is 0 Å². The predicted molar refractivity (Wildman–Crippen MR) is 84.0 cm³/mol. The molecule has 13 heteroatoms. The number of rotatable bonds is 12. The molecule has 3 unspecified atom stereocenters. The number of primary amides is 2. The minimum Gasteiger partial charge on any atom is -0.481 e. The number of carbonyl (C=O) groups excluding carboxylic acids is 4. The lowest BCUT2D eigenvalue weighted by Gasteiger charge is -2.21. The van der Waals surface area contributed by atoms with E-state index in [9.17, 15) is 28.8 Å². The summed E-state index contributed by atoms with van der Waals surface area (Å²) < 4.78 is 0. The fourth-order valence-corrected chi connectivity index (χ4v) is 1.80. The van der Waals surface area contributed by atoms with Crippen LogP contribution in [0.25, 0.3) is 0 Å². The van der Waals surface area contributed by atoms with Crippen molar-refractivity contribution in [1.29, 1.82) is 0 Å². The molecule has 0 rings (SSSR count). The molecule has 146 valence electrons. The predicted octanol–water partition coefficient (Wildman–Crippen LogP) is -4.02. The third-order valence-corrected chi connectivity index (χ3v) is 3.06. The van der Waals surface area contributed by atoms with Gasteiger partial charge in [0.2, 0.25) is 23.6 Å². The van der Waals surface area contributed by atoms with Gasteiger partial charge >= 0.3 is 11.9 Å². The maximum atomic E-state index is 12.1. The Kier molecular flexibility index (Phi) is 9.29. The van der Waals surface area contributed by atoms with Gasteiger partial charge in [0.1, 0.15) is 12.1 Å². The van der Waals surface area contributed by atoms with E-state index in [0.717, 1.165) is 0 Å². The van der Waals surface area contributed by atoms with Crippen molar-refractivity contribution >= 4 is 35.6 Å². The Labute approximate surface area is 147 Å². The summed E-state index contributed by atoms with van der Waals surface area (Å²) in [6.45, 7) is 0. The second-order valence-electron chi connectivity index (χ2n) is 5.34. The van der Waals surface area contributed by atoms with Crippen LogP contribution in [0.2, 0.25) is 0 Å². The molecule has 0 heterocycles. The van der Waals surface area contributed by atoms with E-state index in [1.807, 2.05) is 5.32 Å². The lowest BCUT2D eigenvalue weighted by Crippen LogP contribution is -2.55. The molecule has 0 bridgehead atoms. The van der Waals surface area contributed by atoms with Gasteiger partial charge in [0, 0.05) is 6.42 Å². The first-order chi connectivity index (χ1) is 11.9. The molecule has 0 aromatic carbocycles. The monoisotopic (exact) mass is 375 g/mol. The molecule has 3 atom stereocenters. The zero-order valence-electron chi connectivity index (χ0n) is 13.6. The summed E-state index contributed by atoms with van der Waals surface area (Å²) in [7, 11) is 0. The maximum Gasteiger partial charge on any atom is 0.326 e. The Morgan fingerprint density at radius 2 is 1.31 bits per heavy atom. The number of carboxylic acid groups (broad SMARTS) is 2. The molecule has 0 aliphatic carbocycles. The Morgan fingerprint density at radius 1 is 0.808 bits per heavy atom. The molecular formula is C13H21N5O8. The van der Waals surface area contributed by atoms with Crippen LogP contribution in [0.3, 0.4) is 0 Å². The number of hydrogen-bond donors (Lipinski definition) is 7. The summed E-state index contributed by atoms with van der Waals surface area (Å²) in [5, 5.41) is 21.7. The summed E-state index contributed by atoms with van der Waals surface area (Å²) >= 11 is 0. The summed E-state index contributed by atoms with van der Waals surface area (Å²) in [5.74, 6) is -6.70. The van der Waals surface area contributed by atoms with E-state index in [1.54, 1.807) is 0 Å². The average Bonchev–Trinajstić information content (AvgIpc) is 2.48. The standard InChI is InChI=1S/C13H21N5O8/c14-5(3-8(15)19)11(23)18-7(4-9(16)20)12(24)17-6(13(25)26)1-2-10(21)22/h5-7H,1-4,14H2,(H2,15,19)(H2,16,20)(H,17,24)(H,18,23)(H,21,22)(H,25,26). The van der Waals surface area contributed by atoms with Crippen LogP contribution in [0, 0.1) is 0 Å². The van der Waals surface area contributed by atoms with Crippen LogP contribution in [0.5, 0.6) is 0 Å². The van der Waals surface area contributed by atoms with Crippen LogP contribution >= 0.6 is 0 Å². The van der Waals surface area contributed by atoms with E-state index in [-0.39, 0.29) is 0 Å². The van der Waals surface area contributed by atoms with Crippen molar-refractivity contribution in [2.45, 2.75) is 43.8 Å². The molecule has 0 saturated carbocycles. The molecule has 13 nitrogen and oxygen atoms in total. The molecule has 26 heavy (non-hydrogen) atoms. The lowest BCUT2D eigenvalue weighted by atomic mass is 10.1. The number of hydrogen-bond acceptors (Lipinski definition) is 7. The number of carboxylic acids is 2. The Morgan fingerprint density at radius 3 is 1.73 bits per heavy atom. The topological polar surface area (TPSA) is 245 Å². The van der Waals surface area contributed by atoms with E-state index in [1.165, 1.54) is 0 Å². The molecular weight excluding hydrogens is 354 g/mol. The van der Waals surface area contributed by atoms with Gasteiger partial charge in [-0.1, -0.05) is 0 Å². The number of amides is 4. The van der Waals surface area contributed by atoms with E-state index in [2.05, 4.69) is 5.32 Å². The van der Waals surface area contributed by atoms with E-state index >= 15 is 0 Å². The minimum atomic E-state index is -1.56. The zero-order valence-corrected chi connectivity index (χ0v) is 13.6. The Bertz CT molecular complexity index is 593. The highest BCUT2D eigenvalue weighted by molar-refractivity contribution is 5.95. The highest BCUT2D eigenvalue weighted by Crippen LogP contribution is 2.01. The van der Waals surface area contributed by atoms with Crippen LogP contribution in [-0.2, 0) is 28.8 Å². The average molecular weight is 375 g/mol. The van der Waals surface area contributed by atoms with Gasteiger partial charge in [-0.15, -0.1) is 0 Å². The summed E-state index contributed by atoms with van der Waals surface area (Å²) in [4.78, 5) is 67.4. The second-order valence-corrected chi connectivity index (χ2v) is 5.34. The number of nitrogens with two attached hydrogens (primary N) is 3. The van der Waals surface area contributed by atoms with Crippen LogP contribution in [0.15, 0.2) is 0 Å². The lowest BCUT2D eigenvalue weighted by molar-refractivity contribution is -0.143. The molecule has 0 radical (unpaired) electrons. The minimum absolute atomic E-state index is 0.422.